The lowest BCUT2D eigenvalue weighted by atomic mass is 9.78. The molecule has 0 aromatic heterocycles. The molecule has 45 heavy (non-hydrogen) atoms. The molecular weight excluding hydrogens is 540 g/mol. The zero-order valence-corrected chi connectivity index (χ0v) is 26.8. The van der Waals surface area contributed by atoms with Crippen molar-refractivity contribution in [3.8, 4) is 44.5 Å². The second-order valence-electron chi connectivity index (χ2n) is 14.2. The van der Waals surface area contributed by atoms with E-state index >= 15 is 0 Å². The molecule has 0 fully saturated rings. The van der Waals surface area contributed by atoms with Crippen molar-refractivity contribution in [2.45, 2.75) is 45.4 Å². The summed E-state index contributed by atoms with van der Waals surface area (Å²) in [5.41, 5.74) is 14.6. The van der Waals surface area contributed by atoms with E-state index in [1.54, 1.807) is 0 Å². The molecule has 0 heteroatoms. The fraction of sp³-hybridized carbons (Fsp3) is 0.156. The third-order valence-electron chi connectivity index (χ3n) is 9.99. The van der Waals surface area contributed by atoms with Crippen molar-refractivity contribution in [2.24, 2.45) is 0 Å². The molecule has 0 nitrogen and oxygen atoms in total. The molecule has 0 atom stereocenters. The summed E-state index contributed by atoms with van der Waals surface area (Å²) in [6, 6.07) is 51.9. The number of rotatable bonds is 3. The molecule has 7 aromatic carbocycles. The fourth-order valence-electron chi connectivity index (χ4n) is 7.82. The van der Waals surface area contributed by atoms with Gasteiger partial charge in [-0.3, -0.25) is 0 Å². The SMILES string of the molecule is CC(C)(C)c1c2ccccc2c(-c2ccc(-c3ccc(-c4ccc5c(c4)C(C)(C)c4ccccc4-5)cc3)cc2)c2ccccc12. The van der Waals surface area contributed by atoms with E-state index in [1.807, 2.05) is 0 Å². The van der Waals surface area contributed by atoms with Crippen molar-refractivity contribution < 1.29 is 0 Å². The maximum atomic E-state index is 2.40. The molecule has 0 spiro atoms. The Morgan fingerprint density at radius 2 is 0.822 bits per heavy atom. The summed E-state index contributed by atoms with van der Waals surface area (Å²) in [6.45, 7) is 11.7. The Hall–Kier alpha value is -4.94. The highest BCUT2D eigenvalue weighted by Gasteiger charge is 2.35. The summed E-state index contributed by atoms with van der Waals surface area (Å²) >= 11 is 0. The van der Waals surface area contributed by atoms with Gasteiger partial charge >= 0.3 is 0 Å². The molecule has 7 aromatic rings. The minimum atomic E-state index is 0.00728. The van der Waals surface area contributed by atoms with Crippen LogP contribution in [0.15, 0.2) is 140 Å². The van der Waals surface area contributed by atoms with Crippen LogP contribution in [-0.4, -0.2) is 0 Å². The third kappa shape index (κ3) is 4.35. The van der Waals surface area contributed by atoms with Crippen molar-refractivity contribution in [1.29, 1.82) is 0 Å². The van der Waals surface area contributed by atoms with Gasteiger partial charge in [0.2, 0.25) is 0 Å². The zero-order valence-electron chi connectivity index (χ0n) is 26.8. The highest BCUT2D eigenvalue weighted by molar-refractivity contribution is 6.15. The standard InChI is InChI=1S/C45H38/c1-44(2,3)43-38-15-8-6-13-36(38)42(37-14-7-9-16-39(37)43)32-24-22-30(23-25-32)29-18-20-31(21-19-29)33-26-27-35-34-12-10-11-17-40(34)45(4,5)41(35)28-33/h6-28H,1-5H3. The van der Waals surface area contributed by atoms with Crippen LogP contribution in [0.25, 0.3) is 66.1 Å². The fourth-order valence-corrected chi connectivity index (χ4v) is 7.82. The molecule has 8 rings (SSSR count). The van der Waals surface area contributed by atoms with Crippen molar-refractivity contribution in [3.63, 3.8) is 0 Å². The first-order valence-corrected chi connectivity index (χ1v) is 16.1. The van der Waals surface area contributed by atoms with Crippen LogP contribution in [0.3, 0.4) is 0 Å². The summed E-state index contributed by atoms with van der Waals surface area (Å²) in [7, 11) is 0. The Kier molecular flexibility index (Phi) is 6.16. The number of hydrogen-bond acceptors (Lipinski definition) is 0. The molecule has 0 heterocycles. The van der Waals surface area contributed by atoms with Crippen LogP contribution < -0.4 is 0 Å². The first kappa shape index (κ1) is 27.6. The smallest absolute Gasteiger partial charge is 0.0159 e. The predicted molar refractivity (Wildman–Crippen MR) is 194 cm³/mol. The van der Waals surface area contributed by atoms with E-state index in [0.717, 1.165) is 0 Å². The van der Waals surface area contributed by atoms with Gasteiger partial charge in [0, 0.05) is 5.41 Å². The Balaban J connectivity index is 1.15. The summed E-state index contributed by atoms with van der Waals surface area (Å²) in [5.74, 6) is 0. The van der Waals surface area contributed by atoms with Crippen LogP contribution >= 0.6 is 0 Å². The topological polar surface area (TPSA) is 0 Å². The lowest BCUT2D eigenvalue weighted by molar-refractivity contribution is 0.601. The maximum Gasteiger partial charge on any atom is 0.0159 e. The van der Waals surface area contributed by atoms with Crippen LogP contribution in [0.2, 0.25) is 0 Å². The highest BCUT2D eigenvalue weighted by Crippen LogP contribution is 2.49. The molecule has 0 N–H and O–H groups in total. The average molecular weight is 579 g/mol. The van der Waals surface area contributed by atoms with Crippen LogP contribution in [0, 0.1) is 0 Å². The number of benzene rings is 7. The quantitative estimate of drug-likeness (QED) is 0.183. The lowest BCUT2D eigenvalue weighted by Crippen LogP contribution is -2.14. The Morgan fingerprint density at radius 1 is 0.400 bits per heavy atom. The van der Waals surface area contributed by atoms with Gasteiger partial charge in [0.15, 0.2) is 0 Å². The molecule has 1 aliphatic rings. The van der Waals surface area contributed by atoms with Gasteiger partial charge in [-0.1, -0.05) is 168 Å². The van der Waals surface area contributed by atoms with E-state index in [4.69, 9.17) is 0 Å². The lowest BCUT2D eigenvalue weighted by Gasteiger charge is -2.26. The van der Waals surface area contributed by atoms with Crippen molar-refractivity contribution in [3.05, 3.63) is 156 Å². The van der Waals surface area contributed by atoms with Crippen LogP contribution in [0.5, 0.6) is 0 Å². The third-order valence-corrected chi connectivity index (χ3v) is 9.99. The van der Waals surface area contributed by atoms with Gasteiger partial charge in [0.05, 0.1) is 0 Å². The van der Waals surface area contributed by atoms with Crippen LogP contribution in [-0.2, 0) is 10.8 Å². The van der Waals surface area contributed by atoms with Gasteiger partial charge in [0.25, 0.3) is 0 Å². The normalized spacial score (nSPS) is 13.6. The summed E-state index contributed by atoms with van der Waals surface area (Å²) in [4.78, 5) is 0. The van der Waals surface area contributed by atoms with Gasteiger partial charge in [-0.15, -0.1) is 0 Å². The van der Waals surface area contributed by atoms with E-state index in [1.165, 1.54) is 82.7 Å². The second-order valence-corrected chi connectivity index (χ2v) is 14.2. The van der Waals surface area contributed by atoms with E-state index in [2.05, 4.69) is 174 Å². The van der Waals surface area contributed by atoms with E-state index in [9.17, 15) is 0 Å². The Bertz CT molecular complexity index is 2180. The van der Waals surface area contributed by atoms with Gasteiger partial charge in [-0.25, -0.2) is 0 Å². The van der Waals surface area contributed by atoms with Gasteiger partial charge in [-0.2, -0.15) is 0 Å². The summed E-state index contributed by atoms with van der Waals surface area (Å²) in [5, 5.41) is 5.33. The first-order chi connectivity index (χ1) is 21.7. The van der Waals surface area contributed by atoms with Gasteiger partial charge < -0.3 is 0 Å². The van der Waals surface area contributed by atoms with Crippen LogP contribution in [0.4, 0.5) is 0 Å². The minimum absolute atomic E-state index is 0.00728. The molecule has 0 bridgehead atoms. The van der Waals surface area contributed by atoms with Crippen molar-refractivity contribution in [2.75, 3.05) is 0 Å². The van der Waals surface area contributed by atoms with Gasteiger partial charge in [0.1, 0.15) is 0 Å². The molecule has 1 aliphatic carbocycles. The molecule has 218 valence electrons. The van der Waals surface area contributed by atoms with E-state index in [0.29, 0.717) is 0 Å². The molecule has 0 unspecified atom stereocenters. The number of fused-ring (bicyclic) bond motifs is 5. The van der Waals surface area contributed by atoms with Crippen LogP contribution in [0.1, 0.15) is 51.3 Å². The van der Waals surface area contributed by atoms with Gasteiger partial charge in [-0.05, 0) is 94.2 Å². The molecule has 0 saturated carbocycles. The molecule has 0 amide bonds. The van der Waals surface area contributed by atoms with Crippen molar-refractivity contribution in [1.82, 2.24) is 0 Å². The largest absolute Gasteiger partial charge is 0.0619 e. The predicted octanol–water partition coefficient (Wildman–Crippen LogP) is 12.6. The molecular formula is C45H38. The summed E-state index contributed by atoms with van der Waals surface area (Å²) in [6.07, 6.45) is 0. The van der Waals surface area contributed by atoms with E-state index < -0.39 is 0 Å². The molecule has 0 radical (unpaired) electrons. The monoisotopic (exact) mass is 578 g/mol. The number of hydrogen-bond donors (Lipinski definition) is 0. The molecule has 0 aliphatic heterocycles. The van der Waals surface area contributed by atoms with Crippen molar-refractivity contribution >= 4 is 21.5 Å². The molecule has 0 saturated heterocycles. The first-order valence-electron chi connectivity index (χ1n) is 16.1. The average Bonchev–Trinajstić information content (AvgIpc) is 3.29. The Labute approximate surface area is 267 Å². The second kappa shape index (κ2) is 10.0. The Morgan fingerprint density at radius 3 is 1.38 bits per heavy atom. The zero-order chi connectivity index (χ0) is 30.9. The minimum Gasteiger partial charge on any atom is -0.0619 e. The maximum absolute atomic E-state index is 2.40. The van der Waals surface area contributed by atoms with E-state index in [-0.39, 0.29) is 10.8 Å². The summed E-state index contributed by atoms with van der Waals surface area (Å²) < 4.78 is 0. The highest BCUT2D eigenvalue weighted by atomic mass is 14.4.